The molecule has 0 aliphatic heterocycles. The summed E-state index contributed by atoms with van der Waals surface area (Å²) in [6, 6.07) is 5.59. The van der Waals surface area contributed by atoms with Crippen LogP contribution >= 0.6 is 0 Å². The molecule has 0 aliphatic rings. The Balaban J connectivity index is 2.30. The van der Waals surface area contributed by atoms with E-state index >= 15 is 0 Å². The molecule has 1 aromatic carbocycles. The van der Waals surface area contributed by atoms with E-state index < -0.39 is 0 Å². The maximum Gasteiger partial charge on any atom is 0.150 e. The molecular weight excluding hydrogens is 238 g/mol. The van der Waals surface area contributed by atoms with Crippen molar-refractivity contribution in [3.63, 3.8) is 0 Å². The first kappa shape index (κ1) is 13.5. The van der Waals surface area contributed by atoms with Gasteiger partial charge in [0.2, 0.25) is 0 Å². The van der Waals surface area contributed by atoms with Crippen LogP contribution in [0.15, 0.2) is 24.4 Å². The van der Waals surface area contributed by atoms with Crippen molar-refractivity contribution in [3.05, 3.63) is 35.5 Å². The van der Waals surface area contributed by atoms with Gasteiger partial charge in [-0.25, -0.2) is 0 Å². The van der Waals surface area contributed by atoms with Crippen LogP contribution in [0.4, 0.5) is 0 Å². The maximum atomic E-state index is 10.7. The molecule has 4 nitrogen and oxygen atoms in total. The highest BCUT2D eigenvalue weighted by atomic mass is 16.1. The minimum Gasteiger partial charge on any atom is -0.298 e. The average Bonchev–Trinajstić information content (AvgIpc) is 2.74. The van der Waals surface area contributed by atoms with Gasteiger partial charge in [-0.05, 0) is 24.0 Å². The molecule has 0 spiro atoms. The Hall–Kier alpha value is -1.97. The Labute approximate surface area is 113 Å². The van der Waals surface area contributed by atoms with E-state index in [1.165, 1.54) is 0 Å². The second-order valence-corrected chi connectivity index (χ2v) is 6.05. The monoisotopic (exact) mass is 257 g/mol. The average molecular weight is 257 g/mol. The SMILES string of the molecule is Cc1cc(C=O)ccc1-c1cn(CC(C)(C)C)nn1. The van der Waals surface area contributed by atoms with Gasteiger partial charge in [-0.2, -0.15) is 0 Å². The fourth-order valence-electron chi connectivity index (χ4n) is 2.03. The molecule has 0 aliphatic carbocycles. The van der Waals surface area contributed by atoms with Crippen LogP contribution in [-0.4, -0.2) is 21.3 Å². The zero-order valence-electron chi connectivity index (χ0n) is 11.8. The summed E-state index contributed by atoms with van der Waals surface area (Å²) in [4.78, 5) is 10.7. The lowest BCUT2D eigenvalue weighted by molar-refractivity contribution is 0.112. The molecule has 0 N–H and O–H groups in total. The summed E-state index contributed by atoms with van der Waals surface area (Å²) in [6.07, 6.45) is 2.81. The lowest BCUT2D eigenvalue weighted by Crippen LogP contribution is -2.15. The van der Waals surface area contributed by atoms with E-state index in [0.29, 0.717) is 5.56 Å². The van der Waals surface area contributed by atoms with E-state index in [4.69, 9.17) is 0 Å². The van der Waals surface area contributed by atoms with Gasteiger partial charge in [-0.15, -0.1) is 5.10 Å². The largest absolute Gasteiger partial charge is 0.298 e. The number of benzene rings is 1. The second kappa shape index (κ2) is 4.96. The molecule has 2 aromatic rings. The van der Waals surface area contributed by atoms with Crippen molar-refractivity contribution in [2.45, 2.75) is 34.2 Å². The standard InChI is InChI=1S/C15H19N3O/c1-11-7-12(9-19)5-6-13(11)14-8-18(17-16-14)10-15(2,3)4/h5-9H,10H2,1-4H3. The van der Waals surface area contributed by atoms with Crippen LogP contribution < -0.4 is 0 Å². The van der Waals surface area contributed by atoms with E-state index in [0.717, 1.165) is 29.7 Å². The van der Waals surface area contributed by atoms with E-state index in [1.807, 2.05) is 29.9 Å². The van der Waals surface area contributed by atoms with Gasteiger partial charge in [0.1, 0.15) is 12.0 Å². The Morgan fingerprint density at radius 1 is 1.32 bits per heavy atom. The molecule has 4 heteroatoms. The molecule has 0 radical (unpaired) electrons. The van der Waals surface area contributed by atoms with E-state index in [2.05, 4.69) is 31.1 Å². The third-order valence-electron chi connectivity index (χ3n) is 2.84. The minimum atomic E-state index is 0.168. The number of hydrogen-bond acceptors (Lipinski definition) is 3. The van der Waals surface area contributed by atoms with Crippen LogP contribution in [0.5, 0.6) is 0 Å². The molecule has 19 heavy (non-hydrogen) atoms. The molecule has 0 amide bonds. The first-order valence-electron chi connectivity index (χ1n) is 6.35. The van der Waals surface area contributed by atoms with Crippen LogP contribution in [0.1, 0.15) is 36.7 Å². The molecule has 0 fully saturated rings. The fraction of sp³-hybridized carbons (Fsp3) is 0.400. The van der Waals surface area contributed by atoms with Gasteiger partial charge in [0.15, 0.2) is 0 Å². The summed E-state index contributed by atoms with van der Waals surface area (Å²) in [5, 5.41) is 8.37. The smallest absolute Gasteiger partial charge is 0.150 e. The molecule has 0 saturated heterocycles. The van der Waals surface area contributed by atoms with Gasteiger partial charge in [0, 0.05) is 17.7 Å². The van der Waals surface area contributed by atoms with Crippen LogP contribution in [0, 0.1) is 12.3 Å². The number of rotatable bonds is 3. The van der Waals surface area contributed by atoms with E-state index in [-0.39, 0.29) is 5.41 Å². The summed E-state index contributed by atoms with van der Waals surface area (Å²) in [7, 11) is 0. The molecule has 0 unspecified atom stereocenters. The predicted molar refractivity (Wildman–Crippen MR) is 75.0 cm³/mol. The predicted octanol–water partition coefficient (Wildman–Crippen LogP) is 3.11. The van der Waals surface area contributed by atoms with Crippen molar-refractivity contribution < 1.29 is 4.79 Å². The Morgan fingerprint density at radius 2 is 2.05 bits per heavy atom. The maximum absolute atomic E-state index is 10.7. The highest BCUT2D eigenvalue weighted by Gasteiger charge is 2.14. The van der Waals surface area contributed by atoms with Crippen LogP contribution in [0.2, 0.25) is 0 Å². The first-order chi connectivity index (χ1) is 8.89. The van der Waals surface area contributed by atoms with Crippen LogP contribution in [0.3, 0.4) is 0 Å². The number of aldehydes is 1. The van der Waals surface area contributed by atoms with Gasteiger partial charge in [-0.3, -0.25) is 9.48 Å². The summed E-state index contributed by atoms with van der Waals surface area (Å²) in [5.41, 5.74) is 3.75. The number of hydrogen-bond donors (Lipinski definition) is 0. The number of carbonyl (C=O) groups excluding carboxylic acids is 1. The summed E-state index contributed by atoms with van der Waals surface area (Å²) in [5.74, 6) is 0. The van der Waals surface area contributed by atoms with Gasteiger partial charge >= 0.3 is 0 Å². The zero-order chi connectivity index (χ0) is 14.0. The molecular formula is C15H19N3O. The van der Waals surface area contributed by atoms with Gasteiger partial charge in [-0.1, -0.05) is 38.1 Å². The van der Waals surface area contributed by atoms with Gasteiger partial charge < -0.3 is 0 Å². The molecule has 1 aromatic heterocycles. The third kappa shape index (κ3) is 3.28. The van der Waals surface area contributed by atoms with Crippen molar-refractivity contribution >= 4 is 6.29 Å². The Kier molecular flexibility index (Phi) is 3.51. The number of nitrogens with zero attached hydrogens (tertiary/aromatic N) is 3. The topological polar surface area (TPSA) is 47.8 Å². The van der Waals surface area contributed by atoms with Crippen molar-refractivity contribution in [2.24, 2.45) is 5.41 Å². The lowest BCUT2D eigenvalue weighted by atomic mass is 9.97. The fourth-order valence-corrected chi connectivity index (χ4v) is 2.03. The summed E-state index contributed by atoms with van der Waals surface area (Å²) >= 11 is 0. The molecule has 0 atom stereocenters. The minimum absolute atomic E-state index is 0.168. The molecule has 1 heterocycles. The quantitative estimate of drug-likeness (QED) is 0.794. The molecule has 100 valence electrons. The normalized spacial score (nSPS) is 11.6. The summed E-state index contributed by atoms with van der Waals surface area (Å²) < 4.78 is 1.86. The zero-order valence-corrected chi connectivity index (χ0v) is 11.8. The van der Waals surface area contributed by atoms with Crippen molar-refractivity contribution in [2.75, 3.05) is 0 Å². The highest BCUT2D eigenvalue weighted by molar-refractivity contribution is 5.77. The number of aryl methyl sites for hydroxylation is 1. The lowest BCUT2D eigenvalue weighted by Gasteiger charge is -2.16. The van der Waals surface area contributed by atoms with Crippen LogP contribution in [-0.2, 0) is 6.54 Å². The van der Waals surface area contributed by atoms with Crippen LogP contribution in [0.25, 0.3) is 11.3 Å². The van der Waals surface area contributed by atoms with E-state index in [9.17, 15) is 4.79 Å². The van der Waals surface area contributed by atoms with Crippen molar-refractivity contribution in [1.82, 2.24) is 15.0 Å². The van der Waals surface area contributed by atoms with Crippen molar-refractivity contribution in [1.29, 1.82) is 0 Å². The summed E-state index contributed by atoms with van der Waals surface area (Å²) in [6.45, 7) is 9.30. The molecule has 2 rings (SSSR count). The molecule has 0 saturated carbocycles. The second-order valence-electron chi connectivity index (χ2n) is 6.05. The van der Waals surface area contributed by atoms with Gasteiger partial charge in [0.25, 0.3) is 0 Å². The number of aromatic nitrogens is 3. The van der Waals surface area contributed by atoms with Gasteiger partial charge in [0.05, 0.1) is 6.20 Å². The highest BCUT2D eigenvalue weighted by Crippen LogP contribution is 2.23. The first-order valence-corrected chi connectivity index (χ1v) is 6.35. The molecule has 0 bridgehead atoms. The number of carbonyl (C=O) groups is 1. The van der Waals surface area contributed by atoms with E-state index in [1.54, 1.807) is 6.07 Å². The Morgan fingerprint density at radius 3 is 2.63 bits per heavy atom. The third-order valence-corrected chi connectivity index (χ3v) is 2.84. The Bertz CT molecular complexity index is 594. The van der Waals surface area contributed by atoms with Crippen molar-refractivity contribution in [3.8, 4) is 11.3 Å².